The van der Waals surface area contributed by atoms with E-state index in [9.17, 15) is 19.3 Å². The summed E-state index contributed by atoms with van der Waals surface area (Å²) in [4.78, 5) is 23.5. The van der Waals surface area contributed by atoms with Crippen LogP contribution in [0.5, 0.6) is 23.0 Å². The van der Waals surface area contributed by atoms with E-state index in [1.54, 1.807) is 13.0 Å². The molecule has 156 valence electrons. The molecule has 0 heterocycles. The lowest BCUT2D eigenvalue weighted by atomic mass is 10.1. The molecule has 10 heteroatoms. The maximum absolute atomic E-state index is 13.6. The van der Waals surface area contributed by atoms with Crippen LogP contribution in [-0.4, -0.2) is 44.8 Å². The molecule has 0 aromatic heterocycles. The molecule has 1 N–H and O–H groups in total. The Morgan fingerprint density at radius 3 is 2.34 bits per heavy atom. The van der Waals surface area contributed by atoms with Crippen molar-refractivity contribution in [3.8, 4) is 23.0 Å². The van der Waals surface area contributed by atoms with Gasteiger partial charge >= 0.3 is 5.69 Å². The van der Waals surface area contributed by atoms with Crippen molar-refractivity contribution in [1.82, 2.24) is 5.32 Å². The van der Waals surface area contributed by atoms with E-state index < -0.39 is 28.4 Å². The number of halogens is 1. The SMILES string of the molecule is COc1cc(C(=O)NC(C)COc2ccccc2F)c([N+](=O)[O-])c(OC)c1OC. The molecule has 0 saturated carbocycles. The Morgan fingerprint density at radius 2 is 1.79 bits per heavy atom. The number of nitro groups is 1. The highest BCUT2D eigenvalue weighted by Gasteiger charge is 2.32. The van der Waals surface area contributed by atoms with Crippen molar-refractivity contribution >= 4 is 11.6 Å². The van der Waals surface area contributed by atoms with Gasteiger partial charge in [-0.2, -0.15) is 0 Å². The fourth-order valence-electron chi connectivity index (χ4n) is 2.62. The first-order valence-electron chi connectivity index (χ1n) is 8.49. The molecule has 0 radical (unpaired) electrons. The zero-order chi connectivity index (χ0) is 21.6. The van der Waals surface area contributed by atoms with Crippen LogP contribution in [0.25, 0.3) is 0 Å². The number of carbonyl (C=O) groups excluding carboxylic acids is 1. The van der Waals surface area contributed by atoms with Crippen molar-refractivity contribution in [3.05, 3.63) is 51.8 Å². The molecule has 1 unspecified atom stereocenters. The van der Waals surface area contributed by atoms with Gasteiger partial charge < -0.3 is 24.3 Å². The first-order chi connectivity index (χ1) is 13.8. The van der Waals surface area contributed by atoms with Gasteiger partial charge in [0.1, 0.15) is 12.2 Å². The van der Waals surface area contributed by atoms with Crippen LogP contribution in [0.1, 0.15) is 17.3 Å². The summed E-state index contributed by atoms with van der Waals surface area (Å²) in [5.74, 6) is -1.40. The Balaban J connectivity index is 2.27. The van der Waals surface area contributed by atoms with E-state index >= 15 is 0 Å². The predicted octanol–water partition coefficient (Wildman–Crippen LogP) is 2.96. The summed E-state index contributed by atoms with van der Waals surface area (Å²) >= 11 is 0. The topological polar surface area (TPSA) is 109 Å². The summed E-state index contributed by atoms with van der Waals surface area (Å²) < 4.78 is 34.3. The van der Waals surface area contributed by atoms with Crippen molar-refractivity contribution in [2.24, 2.45) is 0 Å². The Hall–Kier alpha value is -3.56. The Bertz CT molecular complexity index is 904. The number of amides is 1. The number of hydrogen-bond donors (Lipinski definition) is 1. The van der Waals surface area contributed by atoms with E-state index in [1.165, 1.54) is 45.6 Å². The summed E-state index contributed by atoms with van der Waals surface area (Å²) in [6.45, 7) is 1.56. The summed E-state index contributed by atoms with van der Waals surface area (Å²) in [5, 5.41) is 14.2. The van der Waals surface area contributed by atoms with Crippen molar-refractivity contribution < 1.29 is 33.1 Å². The number of methoxy groups -OCH3 is 3. The van der Waals surface area contributed by atoms with Crippen molar-refractivity contribution in [3.63, 3.8) is 0 Å². The zero-order valence-corrected chi connectivity index (χ0v) is 16.4. The number of hydrogen-bond acceptors (Lipinski definition) is 7. The van der Waals surface area contributed by atoms with Gasteiger partial charge in [-0.1, -0.05) is 12.1 Å². The Labute approximate surface area is 166 Å². The van der Waals surface area contributed by atoms with Crippen LogP contribution in [0, 0.1) is 15.9 Å². The first-order valence-corrected chi connectivity index (χ1v) is 8.49. The van der Waals surface area contributed by atoms with Crippen molar-refractivity contribution in [2.45, 2.75) is 13.0 Å². The van der Waals surface area contributed by atoms with Gasteiger partial charge in [0.05, 0.1) is 32.3 Å². The number of nitrogens with one attached hydrogen (secondary N) is 1. The second-order valence-electron chi connectivity index (χ2n) is 5.91. The standard InChI is InChI=1S/C19H21FN2O7/c1-11(10-29-14-8-6-5-7-13(14)20)21-19(23)12-9-15(26-2)17(27-3)18(28-4)16(12)22(24)25/h5-9,11H,10H2,1-4H3,(H,21,23). The van der Waals surface area contributed by atoms with Crippen LogP contribution in [0.15, 0.2) is 30.3 Å². The third kappa shape index (κ3) is 4.84. The summed E-state index contributed by atoms with van der Waals surface area (Å²) in [6.07, 6.45) is 0. The number of nitrogens with zero attached hydrogens (tertiary/aromatic N) is 1. The smallest absolute Gasteiger partial charge is 0.327 e. The Kier molecular flexibility index (Phi) is 7.18. The summed E-state index contributed by atoms with van der Waals surface area (Å²) in [7, 11) is 3.85. The minimum atomic E-state index is -0.749. The third-order valence-electron chi connectivity index (χ3n) is 3.93. The fraction of sp³-hybridized carbons (Fsp3) is 0.316. The highest BCUT2D eigenvalue weighted by Crippen LogP contribution is 2.46. The molecular formula is C19H21FN2O7. The van der Waals surface area contributed by atoms with E-state index in [0.29, 0.717) is 0 Å². The average molecular weight is 408 g/mol. The molecule has 2 rings (SSSR count). The van der Waals surface area contributed by atoms with Gasteiger partial charge in [0, 0.05) is 6.07 Å². The third-order valence-corrected chi connectivity index (χ3v) is 3.93. The molecule has 9 nitrogen and oxygen atoms in total. The van der Waals surface area contributed by atoms with Gasteiger partial charge in [0.15, 0.2) is 17.3 Å². The predicted molar refractivity (Wildman–Crippen MR) is 102 cm³/mol. The van der Waals surface area contributed by atoms with Crippen LogP contribution in [0.4, 0.5) is 10.1 Å². The fourth-order valence-corrected chi connectivity index (χ4v) is 2.62. The highest BCUT2D eigenvalue weighted by atomic mass is 19.1. The second-order valence-corrected chi connectivity index (χ2v) is 5.91. The zero-order valence-electron chi connectivity index (χ0n) is 16.4. The van der Waals surface area contributed by atoms with E-state index in [-0.39, 0.29) is 35.2 Å². The number of carbonyl (C=O) groups is 1. The summed E-state index contributed by atoms with van der Waals surface area (Å²) in [5.41, 5.74) is -0.841. The lowest BCUT2D eigenvalue weighted by Gasteiger charge is -2.17. The van der Waals surface area contributed by atoms with Gasteiger partial charge in [-0.25, -0.2) is 4.39 Å². The van der Waals surface area contributed by atoms with Gasteiger partial charge in [-0.05, 0) is 19.1 Å². The molecule has 1 atom stereocenters. The highest BCUT2D eigenvalue weighted by molar-refractivity contribution is 6.00. The molecule has 0 aliphatic rings. The largest absolute Gasteiger partial charge is 0.493 e. The molecule has 29 heavy (non-hydrogen) atoms. The van der Waals surface area contributed by atoms with Gasteiger partial charge in [0.25, 0.3) is 5.91 Å². The van der Waals surface area contributed by atoms with Crippen LogP contribution in [-0.2, 0) is 0 Å². The molecule has 2 aromatic carbocycles. The minimum absolute atomic E-state index is 0.00538. The monoisotopic (exact) mass is 408 g/mol. The number of nitro benzene ring substituents is 1. The van der Waals surface area contributed by atoms with Crippen LogP contribution in [0.3, 0.4) is 0 Å². The van der Waals surface area contributed by atoms with Crippen LogP contribution >= 0.6 is 0 Å². The number of ether oxygens (including phenoxy) is 4. The minimum Gasteiger partial charge on any atom is -0.493 e. The van der Waals surface area contributed by atoms with Crippen LogP contribution in [0.2, 0.25) is 0 Å². The lowest BCUT2D eigenvalue weighted by molar-refractivity contribution is -0.386. The van der Waals surface area contributed by atoms with E-state index in [1.807, 2.05) is 0 Å². The van der Waals surface area contributed by atoms with E-state index in [2.05, 4.69) is 5.32 Å². The van der Waals surface area contributed by atoms with Gasteiger partial charge in [0.2, 0.25) is 11.5 Å². The molecule has 0 aliphatic heterocycles. The molecule has 0 saturated heterocycles. The quantitative estimate of drug-likeness (QED) is 0.502. The maximum atomic E-state index is 13.6. The van der Waals surface area contributed by atoms with Gasteiger partial charge in [-0.3, -0.25) is 14.9 Å². The molecule has 0 fully saturated rings. The van der Waals surface area contributed by atoms with E-state index in [4.69, 9.17) is 18.9 Å². The van der Waals surface area contributed by atoms with Gasteiger partial charge in [-0.15, -0.1) is 0 Å². The second kappa shape index (κ2) is 9.58. The molecule has 2 aromatic rings. The molecule has 0 aliphatic carbocycles. The first kappa shape index (κ1) is 21.7. The van der Waals surface area contributed by atoms with Crippen molar-refractivity contribution in [2.75, 3.05) is 27.9 Å². The Morgan fingerprint density at radius 1 is 1.14 bits per heavy atom. The molecule has 1 amide bonds. The lowest BCUT2D eigenvalue weighted by Crippen LogP contribution is -2.37. The number of benzene rings is 2. The maximum Gasteiger partial charge on any atom is 0.327 e. The van der Waals surface area contributed by atoms with Crippen molar-refractivity contribution in [1.29, 1.82) is 0 Å². The van der Waals surface area contributed by atoms with Crippen LogP contribution < -0.4 is 24.3 Å². The molecule has 0 bridgehead atoms. The number of para-hydroxylation sites is 1. The number of rotatable bonds is 9. The molecular weight excluding hydrogens is 387 g/mol. The normalized spacial score (nSPS) is 11.3. The van der Waals surface area contributed by atoms with E-state index in [0.717, 1.165) is 0 Å². The molecule has 0 spiro atoms. The summed E-state index contributed by atoms with van der Waals surface area (Å²) in [6, 6.07) is 6.45. The average Bonchev–Trinajstić information content (AvgIpc) is 2.71.